The number of rotatable bonds is 1. The van der Waals surface area contributed by atoms with Gasteiger partial charge in [0.05, 0.1) is 0 Å². The Morgan fingerprint density at radius 3 is 2.25 bits per heavy atom. The highest BCUT2D eigenvalue weighted by molar-refractivity contribution is 6.34. The molecule has 0 saturated carbocycles. The smallest absolute Gasteiger partial charge is 0.159 e. The standard InChI is InChI=1S/C20H11ClN2O/c21-20-15-7-2-1-6-14(15)19(22-23-20)12-9-10-18-16(11-12)13-5-3-4-8-17(13)24-18/h1-11H. The summed E-state index contributed by atoms with van der Waals surface area (Å²) in [5, 5.41) is 12.9. The van der Waals surface area contributed by atoms with Crippen LogP contribution in [0.2, 0.25) is 5.15 Å². The topological polar surface area (TPSA) is 38.9 Å². The quantitative estimate of drug-likeness (QED) is 0.387. The highest BCUT2D eigenvalue weighted by Gasteiger charge is 2.12. The molecule has 5 rings (SSSR count). The number of halogens is 1. The van der Waals surface area contributed by atoms with E-state index < -0.39 is 0 Å². The van der Waals surface area contributed by atoms with E-state index in [1.807, 2.05) is 54.6 Å². The number of furan rings is 1. The molecule has 3 aromatic carbocycles. The molecule has 3 nitrogen and oxygen atoms in total. The average molecular weight is 331 g/mol. The molecule has 0 spiro atoms. The summed E-state index contributed by atoms with van der Waals surface area (Å²) in [4.78, 5) is 0. The van der Waals surface area contributed by atoms with Crippen molar-refractivity contribution < 1.29 is 4.42 Å². The molecule has 24 heavy (non-hydrogen) atoms. The van der Waals surface area contributed by atoms with Gasteiger partial charge >= 0.3 is 0 Å². The molecule has 4 heteroatoms. The summed E-state index contributed by atoms with van der Waals surface area (Å²) >= 11 is 6.18. The zero-order valence-corrected chi connectivity index (χ0v) is 13.3. The summed E-state index contributed by atoms with van der Waals surface area (Å²) in [6.45, 7) is 0. The van der Waals surface area contributed by atoms with Gasteiger partial charge in [-0.1, -0.05) is 54.1 Å². The van der Waals surface area contributed by atoms with Crippen LogP contribution in [0.15, 0.2) is 71.1 Å². The molecule has 0 unspecified atom stereocenters. The zero-order chi connectivity index (χ0) is 16.1. The van der Waals surface area contributed by atoms with Gasteiger partial charge in [-0.2, -0.15) is 0 Å². The Bertz CT molecular complexity index is 1230. The van der Waals surface area contributed by atoms with Crippen molar-refractivity contribution in [1.29, 1.82) is 0 Å². The summed E-state index contributed by atoms with van der Waals surface area (Å²) in [7, 11) is 0. The molecule has 0 amide bonds. The van der Waals surface area contributed by atoms with E-state index in [9.17, 15) is 0 Å². The monoisotopic (exact) mass is 330 g/mol. The van der Waals surface area contributed by atoms with Crippen LogP contribution in [-0.2, 0) is 0 Å². The first-order valence-corrected chi connectivity index (χ1v) is 8.02. The minimum Gasteiger partial charge on any atom is -0.456 e. The maximum Gasteiger partial charge on any atom is 0.159 e. The summed E-state index contributed by atoms with van der Waals surface area (Å²) in [6.07, 6.45) is 0. The summed E-state index contributed by atoms with van der Waals surface area (Å²) in [5.41, 5.74) is 3.57. The maximum atomic E-state index is 6.18. The van der Waals surface area contributed by atoms with E-state index in [1.165, 1.54) is 0 Å². The lowest BCUT2D eigenvalue weighted by atomic mass is 10.0. The molecule has 0 bridgehead atoms. The number of hydrogen-bond acceptors (Lipinski definition) is 3. The zero-order valence-electron chi connectivity index (χ0n) is 12.5. The second-order valence-electron chi connectivity index (χ2n) is 5.69. The minimum atomic E-state index is 0.421. The van der Waals surface area contributed by atoms with Gasteiger partial charge < -0.3 is 4.42 Å². The van der Waals surface area contributed by atoms with Gasteiger partial charge in [0.15, 0.2) is 5.15 Å². The van der Waals surface area contributed by atoms with E-state index in [0.717, 1.165) is 44.0 Å². The number of hydrogen-bond donors (Lipinski definition) is 0. The lowest BCUT2D eigenvalue weighted by Crippen LogP contribution is -1.91. The van der Waals surface area contributed by atoms with Crippen LogP contribution >= 0.6 is 11.6 Å². The van der Waals surface area contributed by atoms with E-state index in [4.69, 9.17) is 16.0 Å². The normalized spacial score (nSPS) is 11.5. The Morgan fingerprint density at radius 2 is 1.38 bits per heavy atom. The van der Waals surface area contributed by atoms with E-state index >= 15 is 0 Å². The minimum absolute atomic E-state index is 0.421. The molecule has 2 heterocycles. The highest BCUT2D eigenvalue weighted by atomic mass is 35.5. The fourth-order valence-corrected chi connectivity index (χ4v) is 3.36. The lowest BCUT2D eigenvalue weighted by molar-refractivity contribution is 0.669. The molecule has 0 fully saturated rings. The van der Waals surface area contributed by atoms with Crippen LogP contribution in [0, 0.1) is 0 Å². The van der Waals surface area contributed by atoms with Crippen molar-refractivity contribution in [3.8, 4) is 11.3 Å². The molecule has 0 saturated heterocycles. The van der Waals surface area contributed by atoms with Gasteiger partial charge in [-0.25, -0.2) is 0 Å². The largest absolute Gasteiger partial charge is 0.456 e. The lowest BCUT2D eigenvalue weighted by Gasteiger charge is -2.06. The molecule has 2 aromatic heterocycles. The predicted octanol–water partition coefficient (Wildman–Crippen LogP) is 5.85. The Labute approximate surface area is 142 Å². The van der Waals surface area contributed by atoms with Crippen molar-refractivity contribution in [3.63, 3.8) is 0 Å². The third kappa shape index (κ3) is 1.92. The summed E-state index contributed by atoms with van der Waals surface area (Å²) in [5.74, 6) is 0. The van der Waals surface area contributed by atoms with E-state index in [0.29, 0.717) is 5.15 Å². The van der Waals surface area contributed by atoms with Gasteiger partial charge in [0.1, 0.15) is 16.9 Å². The van der Waals surface area contributed by atoms with Crippen LogP contribution < -0.4 is 0 Å². The second-order valence-corrected chi connectivity index (χ2v) is 6.05. The van der Waals surface area contributed by atoms with E-state index in [2.05, 4.69) is 22.3 Å². The molecular formula is C20H11ClN2O. The molecule has 5 aromatic rings. The third-order valence-corrected chi connectivity index (χ3v) is 4.57. The summed E-state index contributed by atoms with van der Waals surface area (Å²) < 4.78 is 5.89. The molecule has 0 radical (unpaired) electrons. The summed E-state index contributed by atoms with van der Waals surface area (Å²) in [6, 6.07) is 22.0. The van der Waals surface area contributed by atoms with Crippen molar-refractivity contribution >= 4 is 44.3 Å². The van der Waals surface area contributed by atoms with Crippen LogP contribution in [-0.4, -0.2) is 10.2 Å². The average Bonchev–Trinajstić information content (AvgIpc) is 3.00. The van der Waals surface area contributed by atoms with Crippen LogP contribution in [0.1, 0.15) is 0 Å². The van der Waals surface area contributed by atoms with E-state index in [-0.39, 0.29) is 0 Å². The first-order valence-electron chi connectivity index (χ1n) is 7.64. The number of fused-ring (bicyclic) bond motifs is 4. The van der Waals surface area contributed by atoms with Crippen molar-refractivity contribution in [2.45, 2.75) is 0 Å². The molecule has 114 valence electrons. The predicted molar refractivity (Wildman–Crippen MR) is 97.3 cm³/mol. The van der Waals surface area contributed by atoms with Crippen LogP contribution in [0.25, 0.3) is 44.0 Å². The van der Waals surface area contributed by atoms with Crippen molar-refractivity contribution in [1.82, 2.24) is 10.2 Å². The molecular weight excluding hydrogens is 320 g/mol. The van der Waals surface area contributed by atoms with Gasteiger partial charge in [-0.05, 0) is 24.3 Å². The Morgan fingerprint density at radius 1 is 0.667 bits per heavy atom. The third-order valence-electron chi connectivity index (χ3n) is 4.29. The fourth-order valence-electron chi connectivity index (χ4n) is 3.16. The Balaban J connectivity index is 1.84. The van der Waals surface area contributed by atoms with Crippen LogP contribution in [0.3, 0.4) is 0 Å². The van der Waals surface area contributed by atoms with Crippen molar-refractivity contribution in [2.75, 3.05) is 0 Å². The molecule has 0 aliphatic heterocycles. The van der Waals surface area contributed by atoms with Gasteiger partial charge in [0, 0.05) is 27.1 Å². The molecule has 0 N–H and O–H groups in total. The maximum absolute atomic E-state index is 6.18. The van der Waals surface area contributed by atoms with Gasteiger partial charge in [0.25, 0.3) is 0 Å². The van der Waals surface area contributed by atoms with Gasteiger partial charge in [-0.15, -0.1) is 10.2 Å². The molecule has 0 aliphatic rings. The SMILES string of the molecule is Clc1nnc(-c2ccc3oc4ccccc4c3c2)c2ccccc12. The molecule has 0 aliphatic carbocycles. The number of benzene rings is 3. The van der Waals surface area contributed by atoms with Crippen LogP contribution in [0.5, 0.6) is 0 Å². The fraction of sp³-hybridized carbons (Fsp3) is 0. The van der Waals surface area contributed by atoms with Crippen LogP contribution in [0.4, 0.5) is 0 Å². The Hall–Kier alpha value is -2.91. The first-order chi connectivity index (χ1) is 11.8. The number of aromatic nitrogens is 2. The number of nitrogens with zero attached hydrogens (tertiary/aromatic N) is 2. The van der Waals surface area contributed by atoms with Gasteiger partial charge in [0.2, 0.25) is 0 Å². The molecule has 0 atom stereocenters. The highest BCUT2D eigenvalue weighted by Crippen LogP contribution is 2.34. The van der Waals surface area contributed by atoms with Crippen molar-refractivity contribution in [2.24, 2.45) is 0 Å². The second kappa shape index (κ2) is 5.05. The Kier molecular flexibility index (Phi) is 2.84. The van der Waals surface area contributed by atoms with Gasteiger partial charge in [-0.3, -0.25) is 0 Å². The van der Waals surface area contributed by atoms with Crippen molar-refractivity contribution in [3.05, 3.63) is 71.9 Å². The number of para-hydroxylation sites is 1. The first kappa shape index (κ1) is 13.5. The van der Waals surface area contributed by atoms with E-state index in [1.54, 1.807) is 0 Å².